The van der Waals surface area contributed by atoms with Gasteiger partial charge in [0, 0.05) is 29.4 Å². The molecule has 0 saturated carbocycles. The number of nitro benzene ring substituents is 1. The Kier molecular flexibility index (Phi) is 4.14. The van der Waals surface area contributed by atoms with Crippen LogP contribution in [0.15, 0.2) is 24.4 Å². The Morgan fingerprint density at radius 1 is 1.52 bits per heavy atom. The highest BCUT2D eigenvalue weighted by Gasteiger charge is 2.17. The van der Waals surface area contributed by atoms with Crippen LogP contribution in [0.25, 0.3) is 0 Å². The number of nitro groups is 1. The molecule has 9 nitrogen and oxygen atoms in total. The molecular weight excluding hydrogens is 276 g/mol. The molecule has 0 aliphatic heterocycles. The molecule has 0 atom stereocenters. The molecule has 5 N–H and O–H groups in total. The van der Waals surface area contributed by atoms with Crippen molar-refractivity contribution in [3.05, 3.63) is 51.3 Å². The molecule has 0 bridgehead atoms. The highest BCUT2D eigenvalue weighted by atomic mass is 16.6. The van der Waals surface area contributed by atoms with Gasteiger partial charge >= 0.3 is 0 Å². The third kappa shape index (κ3) is 3.15. The van der Waals surface area contributed by atoms with Gasteiger partial charge in [0.05, 0.1) is 11.1 Å². The van der Waals surface area contributed by atoms with Gasteiger partial charge < -0.3 is 10.7 Å². The fourth-order valence-electron chi connectivity index (χ4n) is 1.78. The summed E-state index contributed by atoms with van der Waals surface area (Å²) in [4.78, 5) is 22.3. The number of hydrogen-bond donors (Lipinski definition) is 4. The number of aromatic nitrogens is 2. The van der Waals surface area contributed by atoms with Crippen LogP contribution in [-0.2, 0) is 6.54 Å². The van der Waals surface area contributed by atoms with Gasteiger partial charge in [-0.05, 0) is 19.1 Å². The van der Waals surface area contributed by atoms with Crippen molar-refractivity contribution >= 4 is 17.3 Å². The van der Waals surface area contributed by atoms with Gasteiger partial charge in [0.25, 0.3) is 11.6 Å². The molecule has 1 amide bonds. The van der Waals surface area contributed by atoms with Gasteiger partial charge in [-0.2, -0.15) is 5.10 Å². The van der Waals surface area contributed by atoms with Gasteiger partial charge in [0.1, 0.15) is 5.69 Å². The normalized spacial score (nSPS) is 10.2. The Morgan fingerprint density at radius 2 is 2.29 bits per heavy atom. The number of nitrogen functional groups attached to an aromatic ring is 1. The topological polar surface area (TPSA) is 139 Å². The standard InChI is InChI=1S/C12H14N6O3/c1-7-9(6-15-17-7)5-14-12(19)8-2-3-10(16-13)11(4-8)18(20)21/h2-4,6,16H,5,13H2,1H3,(H,14,19)(H,15,17). The van der Waals surface area contributed by atoms with E-state index in [0.717, 1.165) is 11.3 Å². The quantitative estimate of drug-likeness (QED) is 0.365. The minimum absolute atomic E-state index is 0.141. The summed E-state index contributed by atoms with van der Waals surface area (Å²) < 4.78 is 0. The molecule has 0 aliphatic carbocycles. The second-order valence-electron chi connectivity index (χ2n) is 4.34. The Balaban J connectivity index is 2.14. The third-order valence-corrected chi connectivity index (χ3v) is 2.99. The van der Waals surface area contributed by atoms with Crippen molar-refractivity contribution in [1.82, 2.24) is 15.5 Å². The first-order valence-corrected chi connectivity index (χ1v) is 6.05. The average molecular weight is 290 g/mol. The summed E-state index contributed by atoms with van der Waals surface area (Å²) in [6, 6.07) is 4.02. The minimum atomic E-state index is -0.605. The van der Waals surface area contributed by atoms with Crippen molar-refractivity contribution in [2.75, 3.05) is 5.43 Å². The molecule has 0 saturated heterocycles. The first-order valence-electron chi connectivity index (χ1n) is 6.05. The fraction of sp³-hybridized carbons (Fsp3) is 0.167. The molecule has 2 rings (SSSR count). The number of H-pyrrole nitrogens is 1. The number of hydrogen-bond acceptors (Lipinski definition) is 6. The lowest BCUT2D eigenvalue weighted by Crippen LogP contribution is -2.23. The number of rotatable bonds is 5. The van der Waals surface area contributed by atoms with Crippen molar-refractivity contribution < 1.29 is 9.72 Å². The highest BCUT2D eigenvalue weighted by molar-refractivity contribution is 5.95. The van der Waals surface area contributed by atoms with E-state index in [1.165, 1.54) is 18.2 Å². The zero-order valence-corrected chi connectivity index (χ0v) is 11.2. The number of amides is 1. The van der Waals surface area contributed by atoms with Crippen molar-refractivity contribution in [1.29, 1.82) is 0 Å². The Labute approximate surface area is 119 Å². The summed E-state index contributed by atoms with van der Waals surface area (Å²) in [7, 11) is 0. The summed E-state index contributed by atoms with van der Waals surface area (Å²) in [6.45, 7) is 2.12. The van der Waals surface area contributed by atoms with E-state index in [1.807, 2.05) is 6.92 Å². The van der Waals surface area contributed by atoms with Crippen LogP contribution in [0.2, 0.25) is 0 Å². The van der Waals surface area contributed by atoms with E-state index in [9.17, 15) is 14.9 Å². The van der Waals surface area contributed by atoms with Crippen LogP contribution in [0.4, 0.5) is 11.4 Å². The van der Waals surface area contributed by atoms with E-state index >= 15 is 0 Å². The largest absolute Gasteiger partial charge is 0.348 e. The Hall–Kier alpha value is -2.94. The molecule has 110 valence electrons. The first kappa shape index (κ1) is 14.5. The van der Waals surface area contributed by atoms with Gasteiger partial charge in [-0.25, -0.2) is 0 Å². The summed E-state index contributed by atoms with van der Waals surface area (Å²) in [5.41, 5.74) is 3.98. The lowest BCUT2D eigenvalue weighted by molar-refractivity contribution is -0.384. The van der Waals surface area contributed by atoms with Gasteiger partial charge in [0.15, 0.2) is 0 Å². The molecule has 1 aromatic carbocycles. The van der Waals surface area contributed by atoms with Crippen LogP contribution in [0, 0.1) is 17.0 Å². The van der Waals surface area contributed by atoms with E-state index < -0.39 is 10.8 Å². The lowest BCUT2D eigenvalue weighted by Gasteiger charge is -2.06. The molecular formula is C12H14N6O3. The van der Waals surface area contributed by atoms with Crippen LogP contribution < -0.4 is 16.6 Å². The molecule has 21 heavy (non-hydrogen) atoms. The van der Waals surface area contributed by atoms with E-state index in [0.29, 0.717) is 0 Å². The fourth-order valence-corrected chi connectivity index (χ4v) is 1.78. The SMILES string of the molecule is Cc1[nH]ncc1CNC(=O)c1ccc(NN)c([N+](=O)[O-])c1. The maximum atomic E-state index is 12.0. The van der Waals surface area contributed by atoms with Crippen LogP contribution in [0.5, 0.6) is 0 Å². The van der Waals surface area contributed by atoms with E-state index in [-0.39, 0.29) is 23.5 Å². The smallest absolute Gasteiger partial charge is 0.294 e. The molecule has 1 heterocycles. The van der Waals surface area contributed by atoms with Crippen molar-refractivity contribution in [2.45, 2.75) is 13.5 Å². The number of hydrazine groups is 1. The molecule has 0 spiro atoms. The Morgan fingerprint density at radius 3 is 2.86 bits per heavy atom. The van der Waals surface area contributed by atoms with E-state index in [1.54, 1.807) is 6.20 Å². The predicted molar refractivity (Wildman–Crippen MR) is 75.4 cm³/mol. The van der Waals surface area contributed by atoms with Gasteiger partial charge in [-0.1, -0.05) is 0 Å². The number of aromatic amines is 1. The monoisotopic (exact) mass is 290 g/mol. The van der Waals surface area contributed by atoms with Crippen LogP contribution >= 0.6 is 0 Å². The number of aryl methyl sites for hydroxylation is 1. The van der Waals surface area contributed by atoms with Gasteiger partial charge in [-0.3, -0.25) is 25.9 Å². The van der Waals surface area contributed by atoms with Crippen LogP contribution in [0.1, 0.15) is 21.6 Å². The number of anilines is 1. The highest BCUT2D eigenvalue weighted by Crippen LogP contribution is 2.24. The Bertz CT molecular complexity index is 681. The zero-order valence-electron chi connectivity index (χ0n) is 11.2. The van der Waals surface area contributed by atoms with Gasteiger partial charge in [-0.15, -0.1) is 0 Å². The number of benzene rings is 1. The summed E-state index contributed by atoms with van der Waals surface area (Å²) in [6.07, 6.45) is 1.61. The third-order valence-electron chi connectivity index (χ3n) is 2.99. The number of nitrogens with zero attached hydrogens (tertiary/aromatic N) is 2. The lowest BCUT2D eigenvalue weighted by atomic mass is 10.1. The van der Waals surface area contributed by atoms with Crippen molar-refractivity contribution in [2.24, 2.45) is 5.84 Å². The van der Waals surface area contributed by atoms with E-state index in [4.69, 9.17) is 5.84 Å². The van der Waals surface area contributed by atoms with Gasteiger partial charge in [0.2, 0.25) is 0 Å². The minimum Gasteiger partial charge on any atom is -0.348 e. The number of nitrogens with one attached hydrogen (secondary N) is 3. The molecule has 0 aliphatic rings. The van der Waals surface area contributed by atoms with Crippen molar-refractivity contribution in [3.63, 3.8) is 0 Å². The molecule has 0 unspecified atom stereocenters. The summed E-state index contributed by atoms with van der Waals surface area (Å²) in [5, 5.41) is 20.2. The molecule has 2 aromatic rings. The average Bonchev–Trinajstić information content (AvgIpc) is 2.89. The maximum absolute atomic E-state index is 12.0. The summed E-state index contributed by atoms with van der Waals surface area (Å²) >= 11 is 0. The van der Waals surface area contributed by atoms with Crippen LogP contribution in [0.3, 0.4) is 0 Å². The zero-order chi connectivity index (χ0) is 15.4. The second-order valence-corrected chi connectivity index (χ2v) is 4.34. The summed E-state index contributed by atoms with van der Waals surface area (Å²) in [5.74, 6) is 4.77. The second kappa shape index (κ2) is 6.01. The number of carbonyl (C=O) groups is 1. The molecule has 0 radical (unpaired) electrons. The molecule has 1 aromatic heterocycles. The number of nitrogens with two attached hydrogens (primary N) is 1. The number of carbonyl (C=O) groups excluding carboxylic acids is 1. The van der Waals surface area contributed by atoms with Crippen LogP contribution in [-0.4, -0.2) is 21.0 Å². The van der Waals surface area contributed by atoms with E-state index in [2.05, 4.69) is 20.9 Å². The molecule has 9 heteroatoms. The molecule has 0 fully saturated rings. The maximum Gasteiger partial charge on any atom is 0.294 e. The predicted octanol–water partition coefficient (Wildman–Crippen LogP) is 0.842. The van der Waals surface area contributed by atoms with Crippen molar-refractivity contribution in [3.8, 4) is 0 Å². The first-order chi connectivity index (χ1) is 10.0.